The van der Waals surface area contributed by atoms with Crippen LogP contribution >= 0.6 is 0 Å². The first kappa shape index (κ1) is 13.0. The van der Waals surface area contributed by atoms with Crippen molar-refractivity contribution >= 4 is 16.9 Å². The minimum atomic E-state index is -0.0491. The Morgan fingerprint density at radius 1 is 1.32 bits per heavy atom. The van der Waals surface area contributed by atoms with Crippen LogP contribution in [0.25, 0.3) is 11.0 Å². The quantitative estimate of drug-likeness (QED) is 0.760. The van der Waals surface area contributed by atoms with Crippen molar-refractivity contribution in [2.24, 2.45) is 0 Å². The molecule has 5 nitrogen and oxygen atoms in total. The molecule has 0 spiro atoms. The zero-order chi connectivity index (χ0) is 15.1. The van der Waals surface area contributed by atoms with Gasteiger partial charge in [-0.1, -0.05) is 6.07 Å². The summed E-state index contributed by atoms with van der Waals surface area (Å²) in [7, 11) is 0. The van der Waals surface area contributed by atoms with Crippen LogP contribution < -0.4 is 5.32 Å². The van der Waals surface area contributed by atoms with Gasteiger partial charge < -0.3 is 10.3 Å². The molecule has 2 aromatic heterocycles. The van der Waals surface area contributed by atoms with E-state index < -0.39 is 0 Å². The van der Waals surface area contributed by atoms with E-state index in [2.05, 4.69) is 26.3 Å². The molecule has 1 aromatic carbocycles. The van der Waals surface area contributed by atoms with Gasteiger partial charge in [0.15, 0.2) is 0 Å². The number of nitrogens with one attached hydrogen (secondary N) is 2. The summed E-state index contributed by atoms with van der Waals surface area (Å²) in [6, 6.07) is 9.68. The van der Waals surface area contributed by atoms with Gasteiger partial charge in [0.25, 0.3) is 5.91 Å². The molecule has 0 aliphatic heterocycles. The number of amides is 1. The fourth-order valence-electron chi connectivity index (χ4n) is 3.06. The molecule has 1 unspecified atom stereocenters. The van der Waals surface area contributed by atoms with Crippen LogP contribution in [0.1, 0.15) is 27.4 Å². The van der Waals surface area contributed by atoms with Crippen molar-refractivity contribution in [3.63, 3.8) is 0 Å². The number of fused-ring (bicyclic) bond motifs is 2. The van der Waals surface area contributed by atoms with Crippen molar-refractivity contribution in [3.05, 3.63) is 59.2 Å². The first-order valence-corrected chi connectivity index (χ1v) is 7.39. The van der Waals surface area contributed by atoms with Gasteiger partial charge in [-0.15, -0.1) is 0 Å². The maximum atomic E-state index is 12.4. The predicted octanol–water partition coefficient (Wildman–Crippen LogP) is 2.16. The van der Waals surface area contributed by atoms with Crippen LogP contribution in [-0.2, 0) is 12.8 Å². The van der Waals surface area contributed by atoms with Crippen LogP contribution in [0.2, 0.25) is 0 Å². The van der Waals surface area contributed by atoms with Crippen LogP contribution in [0.15, 0.2) is 36.5 Å². The second-order valence-electron chi connectivity index (χ2n) is 5.74. The summed E-state index contributed by atoms with van der Waals surface area (Å²) in [6.45, 7) is 1.91. The number of H-pyrrole nitrogens is 1. The highest BCUT2D eigenvalue weighted by Crippen LogP contribution is 2.20. The van der Waals surface area contributed by atoms with Gasteiger partial charge in [-0.3, -0.25) is 9.78 Å². The van der Waals surface area contributed by atoms with E-state index in [1.165, 1.54) is 5.56 Å². The van der Waals surface area contributed by atoms with Crippen LogP contribution in [0.3, 0.4) is 0 Å². The molecule has 110 valence electrons. The van der Waals surface area contributed by atoms with Crippen LogP contribution in [0.5, 0.6) is 0 Å². The first-order valence-electron chi connectivity index (χ1n) is 7.39. The molecule has 1 atom stereocenters. The van der Waals surface area contributed by atoms with Crippen molar-refractivity contribution < 1.29 is 4.79 Å². The van der Waals surface area contributed by atoms with Gasteiger partial charge >= 0.3 is 0 Å². The number of aromatic amines is 1. The highest BCUT2D eigenvalue weighted by molar-refractivity contribution is 5.97. The van der Waals surface area contributed by atoms with Crippen LogP contribution in [0, 0.1) is 6.92 Å². The lowest BCUT2D eigenvalue weighted by atomic mass is 10.1. The Balaban J connectivity index is 1.52. The van der Waals surface area contributed by atoms with Gasteiger partial charge in [0.2, 0.25) is 0 Å². The number of carbonyl (C=O) groups is 1. The molecule has 22 heavy (non-hydrogen) atoms. The highest BCUT2D eigenvalue weighted by atomic mass is 16.1. The summed E-state index contributed by atoms with van der Waals surface area (Å²) < 4.78 is 0. The molecule has 1 amide bonds. The van der Waals surface area contributed by atoms with Gasteiger partial charge in [-0.05, 0) is 43.2 Å². The SMILES string of the molecule is Cc1nc2ccc(C(=O)NC3Cc4cccnc4C3)cc2[nH]1. The molecule has 2 heterocycles. The van der Waals surface area contributed by atoms with Crippen molar-refractivity contribution in [3.8, 4) is 0 Å². The third kappa shape index (κ3) is 2.24. The molecule has 0 saturated carbocycles. The Morgan fingerprint density at radius 2 is 2.23 bits per heavy atom. The molecule has 0 saturated heterocycles. The topological polar surface area (TPSA) is 70.7 Å². The number of nitrogens with zero attached hydrogens (tertiary/aromatic N) is 2. The van der Waals surface area contributed by atoms with E-state index in [0.717, 1.165) is 35.4 Å². The fourth-order valence-corrected chi connectivity index (χ4v) is 3.06. The maximum absolute atomic E-state index is 12.4. The molecule has 1 aliphatic rings. The summed E-state index contributed by atoms with van der Waals surface area (Å²) in [5.74, 6) is 0.803. The molecule has 1 aliphatic carbocycles. The highest BCUT2D eigenvalue weighted by Gasteiger charge is 2.24. The van der Waals surface area contributed by atoms with Gasteiger partial charge in [0, 0.05) is 29.9 Å². The van der Waals surface area contributed by atoms with Crippen molar-refractivity contribution in [1.82, 2.24) is 20.3 Å². The van der Waals surface area contributed by atoms with E-state index in [0.29, 0.717) is 5.56 Å². The second kappa shape index (κ2) is 4.94. The van der Waals surface area contributed by atoms with E-state index in [1.54, 1.807) is 6.20 Å². The molecular weight excluding hydrogens is 276 g/mol. The van der Waals surface area contributed by atoms with E-state index in [9.17, 15) is 4.79 Å². The summed E-state index contributed by atoms with van der Waals surface area (Å²) in [5, 5.41) is 3.10. The first-order chi connectivity index (χ1) is 10.7. The minimum Gasteiger partial charge on any atom is -0.349 e. The Hall–Kier alpha value is -2.69. The molecular formula is C17H16N4O. The van der Waals surface area contributed by atoms with E-state index >= 15 is 0 Å². The predicted molar refractivity (Wildman–Crippen MR) is 83.7 cm³/mol. The molecule has 3 aromatic rings. The van der Waals surface area contributed by atoms with Crippen LogP contribution in [-0.4, -0.2) is 26.9 Å². The van der Waals surface area contributed by atoms with Gasteiger partial charge in [0.1, 0.15) is 5.82 Å². The fraction of sp³-hybridized carbons (Fsp3) is 0.235. The lowest BCUT2D eigenvalue weighted by Gasteiger charge is -2.11. The number of rotatable bonds is 2. The summed E-state index contributed by atoms with van der Waals surface area (Å²) >= 11 is 0. The van der Waals surface area contributed by atoms with Crippen LogP contribution in [0.4, 0.5) is 0 Å². The molecule has 4 rings (SSSR count). The monoisotopic (exact) mass is 292 g/mol. The number of benzene rings is 1. The second-order valence-corrected chi connectivity index (χ2v) is 5.74. The number of pyridine rings is 1. The average Bonchev–Trinajstić information content (AvgIpc) is 3.07. The normalized spacial score (nSPS) is 16.7. The van der Waals surface area contributed by atoms with Gasteiger partial charge in [-0.2, -0.15) is 0 Å². The number of aryl methyl sites for hydroxylation is 1. The Labute approximate surface area is 127 Å². The molecule has 2 N–H and O–H groups in total. The van der Waals surface area contributed by atoms with Crippen molar-refractivity contribution in [2.45, 2.75) is 25.8 Å². The Kier molecular flexibility index (Phi) is 2.92. The zero-order valence-corrected chi connectivity index (χ0v) is 12.3. The van der Waals surface area contributed by atoms with Crippen molar-refractivity contribution in [2.75, 3.05) is 0 Å². The lowest BCUT2D eigenvalue weighted by molar-refractivity contribution is 0.0938. The third-order valence-electron chi connectivity index (χ3n) is 4.09. The summed E-state index contributed by atoms with van der Waals surface area (Å²) in [4.78, 5) is 24.3. The Bertz CT molecular complexity index is 843. The van der Waals surface area contributed by atoms with Gasteiger partial charge in [-0.25, -0.2) is 4.98 Å². The molecule has 5 heteroatoms. The number of imidazole rings is 1. The number of hydrogen-bond donors (Lipinski definition) is 2. The lowest BCUT2D eigenvalue weighted by Crippen LogP contribution is -2.35. The minimum absolute atomic E-state index is 0.0491. The summed E-state index contributed by atoms with van der Waals surface area (Å²) in [5.41, 5.74) is 4.74. The number of aromatic nitrogens is 3. The average molecular weight is 292 g/mol. The number of carbonyl (C=O) groups excluding carboxylic acids is 1. The maximum Gasteiger partial charge on any atom is 0.251 e. The van der Waals surface area contributed by atoms with E-state index in [1.807, 2.05) is 31.2 Å². The largest absolute Gasteiger partial charge is 0.349 e. The third-order valence-corrected chi connectivity index (χ3v) is 4.09. The molecule has 0 bridgehead atoms. The smallest absolute Gasteiger partial charge is 0.251 e. The summed E-state index contributed by atoms with van der Waals surface area (Å²) in [6.07, 6.45) is 3.45. The van der Waals surface area contributed by atoms with Crippen molar-refractivity contribution in [1.29, 1.82) is 0 Å². The number of hydrogen-bond acceptors (Lipinski definition) is 3. The van der Waals surface area contributed by atoms with Gasteiger partial charge in [0.05, 0.1) is 11.0 Å². The standard InChI is InChI=1S/C17H16N4O/c1-10-19-14-5-4-12(8-16(14)20-10)17(22)21-13-7-11-3-2-6-18-15(11)9-13/h2-6,8,13H,7,9H2,1H3,(H,19,20)(H,21,22). The molecule has 0 fully saturated rings. The zero-order valence-electron chi connectivity index (χ0n) is 12.3. The van der Waals surface area contributed by atoms with E-state index in [-0.39, 0.29) is 11.9 Å². The van der Waals surface area contributed by atoms with E-state index in [4.69, 9.17) is 0 Å². The Morgan fingerprint density at radius 3 is 3.09 bits per heavy atom. The molecule has 0 radical (unpaired) electrons.